The third kappa shape index (κ3) is 2.95. The van der Waals surface area contributed by atoms with Crippen LogP contribution >= 0.6 is 0 Å². The van der Waals surface area contributed by atoms with Crippen molar-refractivity contribution in [2.45, 2.75) is 31.7 Å². The fraction of sp³-hybridized carbons (Fsp3) is 0.538. The van der Waals surface area contributed by atoms with Gasteiger partial charge in [0.05, 0.1) is 0 Å². The highest BCUT2D eigenvalue weighted by molar-refractivity contribution is 5.22. The monoisotopic (exact) mass is 223 g/mol. The lowest BCUT2D eigenvalue weighted by Crippen LogP contribution is -2.34. The second-order valence-electron chi connectivity index (χ2n) is 4.48. The Morgan fingerprint density at radius 2 is 2.12 bits per heavy atom. The Bertz CT molecular complexity index is 336. The van der Waals surface area contributed by atoms with Crippen molar-refractivity contribution in [1.82, 2.24) is 0 Å². The predicted molar refractivity (Wildman–Crippen MR) is 61.8 cm³/mol. The molecule has 16 heavy (non-hydrogen) atoms. The predicted octanol–water partition coefficient (Wildman–Crippen LogP) is 2.72. The molecule has 0 amide bonds. The van der Waals surface area contributed by atoms with Gasteiger partial charge in [-0.15, -0.1) is 0 Å². The minimum Gasteiger partial charge on any atom is -0.492 e. The van der Waals surface area contributed by atoms with E-state index >= 15 is 0 Å². The Balaban J connectivity index is 1.82. The van der Waals surface area contributed by atoms with Gasteiger partial charge >= 0.3 is 0 Å². The molecule has 0 aliphatic heterocycles. The summed E-state index contributed by atoms with van der Waals surface area (Å²) in [6.45, 7) is 0.480. The van der Waals surface area contributed by atoms with Gasteiger partial charge in [-0.2, -0.15) is 0 Å². The molecule has 3 heteroatoms. The highest BCUT2D eigenvalue weighted by Crippen LogP contribution is 2.27. The van der Waals surface area contributed by atoms with Crippen molar-refractivity contribution in [1.29, 1.82) is 0 Å². The summed E-state index contributed by atoms with van der Waals surface area (Å²) < 4.78 is 18.4. The van der Waals surface area contributed by atoms with E-state index in [-0.39, 0.29) is 11.9 Å². The smallest absolute Gasteiger partial charge is 0.126 e. The maximum atomic E-state index is 12.9. The minimum absolute atomic E-state index is 0.0748. The van der Waals surface area contributed by atoms with Crippen molar-refractivity contribution in [2.24, 2.45) is 11.7 Å². The molecule has 88 valence electrons. The van der Waals surface area contributed by atoms with Gasteiger partial charge in [0.2, 0.25) is 0 Å². The van der Waals surface area contributed by atoms with Crippen LogP contribution in [0.25, 0.3) is 0 Å². The minimum atomic E-state index is -0.271. The number of nitrogens with two attached hydrogens (primary N) is 1. The van der Waals surface area contributed by atoms with E-state index < -0.39 is 0 Å². The van der Waals surface area contributed by atoms with E-state index in [2.05, 4.69) is 0 Å². The summed E-state index contributed by atoms with van der Waals surface area (Å²) in [6, 6.07) is 6.27. The molecule has 1 aliphatic rings. The summed E-state index contributed by atoms with van der Waals surface area (Å²) in [5.74, 6) is 0.869. The third-order valence-corrected chi connectivity index (χ3v) is 3.24. The van der Waals surface area contributed by atoms with E-state index in [9.17, 15) is 4.39 Å². The first-order valence-corrected chi connectivity index (χ1v) is 5.89. The summed E-state index contributed by atoms with van der Waals surface area (Å²) in [4.78, 5) is 0. The van der Waals surface area contributed by atoms with Crippen LogP contribution in [0.4, 0.5) is 4.39 Å². The van der Waals surface area contributed by atoms with Crippen LogP contribution in [0.5, 0.6) is 5.75 Å². The van der Waals surface area contributed by atoms with Gasteiger partial charge in [-0.05, 0) is 30.9 Å². The van der Waals surface area contributed by atoms with Gasteiger partial charge in [-0.1, -0.05) is 18.9 Å². The normalized spacial score (nSPS) is 18.6. The molecule has 1 aromatic carbocycles. The Labute approximate surface area is 95.6 Å². The van der Waals surface area contributed by atoms with E-state index in [0.717, 1.165) is 0 Å². The molecule has 0 aromatic heterocycles. The zero-order valence-electron chi connectivity index (χ0n) is 9.36. The van der Waals surface area contributed by atoms with Crippen molar-refractivity contribution in [3.05, 3.63) is 30.1 Å². The molecule has 1 saturated carbocycles. The van der Waals surface area contributed by atoms with Crippen LogP contribution in [0.2, 0.25) is 0 Å². The van der Waals surface area contributed by atoms with Gasteiger partial charge in [0.15, 0.2) is 0 Å². The Kier molecular flexibility index (Phi) is 3.78. The molecule has 1 aliphatic carbocycles. The molecule has 1 fully saturated rings. The Morgan fingerprint density at radius 1 is 1.38 bits per heavy atom. The highest BCUT2D eigenvalue weighted by Gasteiger charge is 2.22. The van der Waals surface area contributed by atoms with Crippen molar-refractivity contribution in [3.63, 3.8) is 0 Å². The van der Waals surface area contributed by atoms with Crippen molar-refractivity contribution in [3.8, 4) is 5.75 Å². The Morgan fingerprint density at radius 3 is 2.81 bits per heavy atom. The largest absolute Gasteiger partial charge is 0.492 e. The van der Waals surface area contributed by atoms with E-state index in [0.29, 0.717) is 18.3 Å². The number of ether oxygens (including phenoxy) is 1. The van der Waals surface area contributed by atoms with Crippen LogP contribution in [-0.4, -0.2) is 12.6 Å². The first-order chi connectivity index (χ1) is 7.75. The molecule has 0 bridgehead atoms. The van der Waals surface area contributed by atoms with Crippen LogP contribution in [0.3, 0.4) is 0 Å². The number of rotatable bonds is 4. The molecule has 2 nitrogen and oxygen atoms in total. The fourth-order valence-corrected chi connectivity index (χ4v) is 2.27. The summed E-state index contributed by atoms with van der Waals surface area (Å²) in [5, 5.41) is 0. The second kappa shape index (κ2) is 5.30. The van der Waals surface area contributed by atoms with Crippen molar-refractivity contribution >= 4 is 0 Å². The van der Waals surface area contributed by atoms with E-state index in [4.69, 9.17) is 10.5 Å². The number of halogens is 1. The third-order valence-electron chi connectivity index (χ3n) is 3.24. The van der Waals surface area contributed by atoms with Gasteiger partial charge in [-0.25, -0.2) is 4.39 Å². The molecule has 2 rings (SSSR count). The van der Waals surface area contributed by atoms with Crippen LogP contribution in [0.15, 0.2) is 24.3 Å². The lowest BCUT2D eigenvalue weighted by atomic mass is 10.00. The zero-order valence-corrected chi connectivity index (χ0v) is 9.36. The molecule has 2 N–H and O–H groups in total. The zero-order chi connectivity index (χ0) is 11.4. The second-order valence-corrected chi connectivity index (χ2v) is 4.48. The van der Waals surface area contributed by atoms with Crippen LogP contribution in [0, 0.1) is 11.7 Å². The molecular weight excluding hydrogens is 205 g/mol. The van der Waals surface area contributed by atoms with E-state index in [1.165, 1.54) is 37.8 Å². The fourth-order valence-electron chi connectivity index (χ4n) is 2.27. The topological polar surface area (TPSA) is 35.2 Å². The lowest BCUT2D eigenvalue weighted by molar-refractivity contribution is 0.246. The molecule has 1 atom stereocenters. The molecular formula is C13H18FNO. The quantitative estimate of drug-likeness (QED) is 0.851. The molecule has 0 saturated heterocycles. The van der Waals surface area contributed by atoms with Crippen LogP contribution < -0.4 is 10.5 Å². The molecule has 0 radical (unpaired) electrons. The standard InChI is InChI=1S/C13H18FNO/c14-11-6-3-7-12(8-11)16-9-13(15)10-4-1-2-5-10/h3,6-8,10,13H,1-2,4-5,9,15H2. The number of hydrogen-bond donors (Lipinski definition) is 1. The van der Waals surface area contributed by atoms with Gasteiger partial charge in [0.25, 0.3) is 0 Å². The maximum Gasteiger partial charge on any atom is 0.126 e. The van der Waals surface area contributed by atoms with Gasteiger partial charge in [0, 0.05) is 12.1 Å². The number of hydrogen-bond acceptors (Lipinski definition) is 2. The highest BCUT2D eigenvalue weighted by atomic mass is 19.1. The molecule has 1 aromatic rings. The SMILES string of the molecule is NC(COc1cccc(F)c1)C1CCCC1. The lowest BCUT2D eigenvalue weighted by Gasteiger charge is -2.19. The van der Waals surface area contributed by atoms with Gasteiger partial charge in [0.1, 0.15) is 18.2 Å². The van der Waals surface area contributed by atoms with Crippen molar-refractivity contribution < 1.29 is 9.13 Å². The first-order valence-electron chi connectivity index (χ1n) is 5.89. The van der Waals surface area contributed by atoms with Gasteiger partial charge in [-0.3, -0.25) is 0 Å². The number of benzene rings is 1. The summed E-state index contributed by atoms with van der Waals surface area (Å²) >= 11 is 0. The summed E-state index contributed by atoms with van der Waals surface area (Å²) in [5.41, 5.74) is 6.05. The van der Waals surface area contributed by atoms with Gasteiger partial charge < -0.3 is 10.5 Å². The van der Waals surface area contributed by atoms with Crippen LogP contribution in [0.1, 0.15) is 25.7 Å². The molecule has 0 heterocycles. The summed E-state index contributed by atoms with van der Waals surface area (Å²) in [6.07, 6.45) is 4.96. The first kappa shape index (κ1) is 11.4. The average molecular weight is 223 g/mol. The van der Waals surface area contributed by atoms with E-state index in [1.54, 1.807) is 12.1 Å². The molecule has 1 unspecified atom stereocenters. The van der Waals surface area contributed by atoms with Crippen molar-refractivity contribution in [2.75, 3.05) is 6.61 Å². The van der Waals surface area contributed by atoms with E-state index in [1.807, 2.05) is 0 Å². The Hall–Kier alpha value is -1.09. The average Bonchev–Trinajstić information content (AvgIpc) is 2.79. The van der Waals surface area contributed by atoms with Crippen LogP contribution in [-0.2, 0) is 0 Å². The molecule has 0 spiro atoms. The summed E-state index contributed by atoms with van der Waals surface area (Å²) in [7, 11) is 0. The maximum absolute atomic E-state index is 12.9.